The van der Waals surface area contributed by atoms with Crippen LogP contribution in [-0.2, 0) is 0 Å². The fraction of sp³-hybridized carbons (Fsp3) is 0.583. The molecule has 1 saturated carbocycles. The van der Waals surface area contributed by atoms with Crippen molar-refractivity contribution < 1.29 is 9.90 Å². The highest BCUT2D eigenvalue weighted by Gasteiger charge is 2.33. The van der Waals surface area contributed by atoms with Gasteiger partial charge < -0.3 is 10.4 Å². The minimum atomic E-state index is -0.0958. The number of nitrogens with one attached hydrogen (secondary N) is 1. The number of aliphatic hydroxyl groups is 1. The number of thiophene rings is 1. The fourth-order valence-corrected chi connectivity index (χ4v) is 4.28. The molecule has 2 N–H and O–H groups in total. The maximum atomic E-state index is 12.0. The van der Waals surface area contributed by atoms with Gasteiger partial charge in [0.25, 0.3) is 5.91 Å². The second-order valence-corrected chi connectivity index (χ2v) is 8.00. The van der Waals surface area contributed by atoms with Crippen LogP contribution in [0.1, 0.15) is 35.4 Å². The van der Waals surface area contributed by atoms with Crippen LogP contribution in [0.3, 0.4) is 0 Å². The minimum Gasteiger partial charge on any atom is -0.396 e. The number of carbonyl (C=O) groups is 1. The summed E-state index contributed by atoms with van der Waals surface area (Å²) in [6, 6.07) is 1.81. The minimum absolute atomic E-state index is 0.0638. The van der Waals surface area contributed by atoms with Crippen LogP contribution in [0.25, 0.3) is 0 Å². The van der Waals surface area contributed by atoms with Gasteiger partial charge in [0.1, 0.15) is 0 Å². The zero-order valence-corrected chi connectivity index (χ0v) is 13.8. The number of hydrogen-bond acceptors (Lipinski definition) is 3. The number of carbonyl (C=O) groups excluding carboxylic acids is 1. The van der Waals surface area contributed by atoms with Gasteiger partial charge in [-0.25, -0.2) is 0 Å². The van der Waals surface area contributed by atoms with E-state index >= 15 is 0 Å². The van der Waals surface area contributed by atoms with Crippen molar-refractivity contribution in [3.63, 3.8) is 0 Å². The van der Waals surface area contributed by atoms with Gasteiger partial charge in [0.05, 0.1) is 15.3 Å². The Bertz CT molecular complexity index is 422. The molecule has 0 atom stereocenters. The largest absolute Gasteiger partial charge is 0.396 e. The average molecular weight is 397 g/mol. The summed E-state index contributed by atoms with van der Waals surface area (Å²) >= 11 is 8.15. The van der Waals surface area contributed by atoms with Crippen molar-refractivity contribution in [2.45, 2.75) is 25.7 Å². The molecule has 0 unspecified atom stereocenters. The van der Waals surface area contributed by atoms with Crippen LogP contribution in [0, 0.1) is 5.41 Å². The normalized spacial score (nSPS) is 17.9. The predicted octanol–water partition coefficient (Wildman–Crippen LogP) is 3.56. The maximum absolute atomic E-state index is 12.0. The summed E-state index contributed by atoms with van der Waals surface area (Å²) in [4.78, 5) is 12.7. The summed E-state index contributed by atoms with van der Waals surface area (Å²) < 4.78 is 1.82. The Morgan fingerprint density at radius 2 is 2.11 bits per heavy atom. The standard InChI is InChI=1S/C12H15Br2NO2S/c13-8-5-9(18-10(8)14)11(17)15-6-12(7-16)3-1-2-4-12/h5,16H,1-4,6-7H2,(H,15,17). The molecule has 0 bridgehead atoms. The molecule has 100 valence electrons. The summed E-state index contributed by atoms with van der Waals surface area (Å²) in [5, 5.41) is 12.4. The first-order valence-electron chi connectivity index (χ1n) is 5.90. The molecule has 6 heteroatoms. The SMILES string of the molecule is O=C(NCC1(CO)CCCC1)c1cc(Br)c(Br)s1. The maximum Gasteiger partial charge on any atom is 0.261 e. The van der Waals surface area contributed by atoms with E-state index in [1.807, 2.05) is 6.07 Å². The first-order chi connectivity index (χ1) is 8.56. The van der Waals surface area contributed by atoms with E-state index in [-0.39, 0.29) is 17.9 Å². The van der Waals surface area contributed by atoms with Gasteiger partial charge in [0.15, 0.2) is 0 Å². The second-order valence-electron chi connectivity index (χ2n) is 4.78. The zero-order valence-electron chi connectivity index (χ0n) is 9.84. The van der Waals surface area contributed by atoms with Crippen molar-refractivity contribution in [2.75, 3.05) is 13.2 Å². The Labute approximate surface area is 127 Å². The van der Waals surface area contributed by atoms with E-state index in [2.05, 4.69) is 37.2 Å². The Kier molecular flexibility index (Phi) is 4.86. The van der Waals surface area contributed by atoms with E-state index in [9.17, 15) is 9.90 Å². The Balaban J connectivity index is 1.95. The van der Waals surface area contributed by atoms with Crippen LogP contribution in [0.15, 0.2) is 14.3 Å². The first-order valence-corrected chi connectivity index (χ1v) is 8.30. The van der Waals surface area contributed by atoms with Crippen molar-refractivity contribution in [3.05, 3.63) is 19.2 Å². The Morgan fingerprint density at radius 1 is 1.44 bits per heavy atom. The molecule has 1 amide bonds. The van der Waals surface area contributed by atoms with Crippen molar-refractivity contribution >= 4 is 49.1 Å². The summed E-state index contributed by atoms with van der Waals surface area (Å²) in [6.07, 6.45) is 4.29. The molecule has 0 spiro atoms. The van der Waals surface area contributed by atoms with Crippen LogP contribution < -0.4 is 5.32 Å². The van der Waals surface area contributed by atoms with Gasteiger partial charge in [-0.1, -0.05) is 12.8 Å². The first kappa shape index (κ1) is 14.5. The van der Waals surface area contributed by atoms with Crippen LogP contribution in [0.5, 0.6) is 0 Å². The lowest BCUT2D eigenvalue weighted by Crippen LogP contribution is -2.38. The van der Waals surface area contributed by atoms with Gasteiger partial charge in [-0.3, -0.25) is 4.79 Å². The van der Waals surface area contributed by atoms with E-state index in [0.717, 1.165) is 33.9 Å². The Hall–Kier alpha value is 0.0900. The van der Waals surface area contributed by atoms with Crippen molar-refractivity contribution in [2.24, 2.45) is 5.41 Å². The number of amides is 1. The quantitative estimate of drug-likeness (QED) is 0.817. The zero-order chi connectivity index (χ0) is 13.2. The van der Waals surface area contributed by atoms with E-state index in [1.165, 1.54) is 11.3 Å². The van der Waals surface area contributed by atoms with Crippen LogP contribution >= 0.6 is 43.2 Å². The number of aliphatic hydroxyl groups excluding tert-OH is 1. The van der Waals surface area contributed by atoms with Crippen LogP contribution in [0.4, 0.5) is 0 Å². The van der Waals surface area contributed by atoms with Gasteiger partial charge in [0.2, 0.25) is 0 Å². The average Bonchev–Trinajstić information content (AvgIpc) is 2.95. The third kappa shape index (κ3) is 3.15. The lowest BCUT2D eigenvalue weighted by atomic mass is 9.87. The van der Waals surface area contributed by atoms with Crippen LogP contribution in [-0.4, -0.2) is 24.2 Å². The highest BCUT2D eigenvalue weighted by atomic mass is 79.9. The number of halogens is 2. The van der Waals surface area contributed by atoms with E-state index in [4.69, 9.17) is 0 Å². The molecule has 0 aromatic carbocycles. The summed E-state index contributed by atoms with van der Waals surface area (Å²) in [5.74, 6) is -0.0638. The van der Waals surface area contributed by atoms with Gasteiger partial charge in [-0.2, -0.15) is 0 Å². The smallest absolute Gasteiger partial charge is 0.261 e. The summed E-state index contributed by atoms with van der Waals surface area (Å²) in [6.45, 7) is 0.723. The molecule has 2 rings (SSSR count). The molecule has 1 aliphatic rings. The van der Waals surface area contributed by atoms with Gasteiger partial charge in [-0.15, -0.1) is 11.3 Å². The van der Waals surface area contributed by atoms with Crippen molar-refractivity contribution in [3.8, 4) is 0 Å². The monoisotopic (exact) mass is 395 g/mol. The lowest BCUT2D eigenvalue weighted by molar-refractivity contribution is 0.0884. The van der Waals surface area contributed by atoms with Crippen molar-refractivity contribution in [1.82, 2.24) is 5.32 Å². The van der Waals surface area contributed by atoms with Crippen molar-refractivity contribution in [1.29, 1.82) is 0 Å². The molecule has 1 aromatic rings. The van der Waals surface area contributed by atoms with Gasteiger partial charge >= 0.3 is 0 Å². The van der Waals surface area contributed by atoms with E-state index in [0.29, 0.717) is 11.4 Å². The van der Waals surface area contributed by atoms with E-state index < -0.39 is 0 Å². The molecule has 1 heterocycles. The highest BCUT2D eigenvalue weighted by Crippen LogP contribution is 2.37. The van der Waals surface area contributed by atoms with Gasteiger partial charge in [-0.05, 0) is 50.8 Å². The molecule has 0 radical (unpaired) electrons. The molecular weight excluding hydrogens is 382 g/mol. The van der Waals surface area contributed by atoms with Gasteiger partial charge in [0, 0.05) is 16.4 Å². The number of hydrogen-bond donors (Lipinski definition) is 2. The summed E-state index contributed by atoms with van der Waals surface area (Å²) in [7, 11) is 0. The topological polar surface area (TPSA) is 49.3 Å². The molecule has 3 nitrogen and oxygen atoms in total. The predicted molar refractivity (Wildman–Crippen MR) is 80.0 cm³/mol. The summed E-state index contributed by atoms with van der Waals surface area (Å²) in [5.41, 5.74) is -0.0958. The van der Waals surface area contributed by atoms with Crippen LogP contribution in [0.2, 0.25) is 0 Å². The molecule has 1 fully saturated rings. The Morgan fingerprint density at radius 3 is 2.61 bits per heavy atom. The molecule has 18 heavy (non-hydrogen) atoms. The van der Waals surface area contributed by atoms with E-state index in [1.54, 1.807) is 0 Å². The molecule has 1 aliphatic carbocycles. The molecule has 1 aromatic heterocycles. The third-order valence-corrected chi connectivity index (χ3v) is 6.75. The molecular formula is C12H15Br2NO2S. The highest BCUT2D eigenvalue weighted by molar-refractivity contribution is 9.13. The fourth-order valence-electron chi connectivity index (χ4n) is 2.33. The number of rotatable bonds is 4. The molecule has 0 aliphatic heterocycles. The molecule has 0 saturated heterocycles. The third-order valence-electron chi connectivity index (χ3n) is 3.49. The lowest BCUT2D eigenvalue weighted by Gasteiger charge is -2.26. The second kappa shape index (κ2) is 6.03.